The largest absolute Gasteiger partial charge is 0.304 e. The third-order valence-corrected chi connectivity index (χ3v) is 5.52. The third-order valence-electron chi connectivity index (χ3n) is 5.52. The molecule has 1 saturated carbocycles. The molecule has 134 valence electrons. The molecule has 0 amide bonds. The summed E-state index contributed by atoms with van der Waals surface area (Å²) in [4.78, 5) is 4.75. The van der Waals surface area contributed by atoms with Crippen molar-refractivity contribution in [1.82, 2.24) is 30.0 Å². The Kier molecular flexibility index (Phi) is 4.76. The van der Waals surface area contributed by atoms with Crippen LogP contribution in [0.3, 0.4) is 0 Å². The van der Waals surface area contributed by atoms with Crippen molar-refractivity contribution in [2.45, 2.75) is 37.8 Å². The van der Waals surface area contributed by atoms with Gasteiger partial charge in [-0.05, 0) is 48.0 Å². The molecule has 1 saturated heterocycles. The van der Waals surface area contributed by atoms with Gasteiger partial charge in [-0.25, -0.2) is 9.07 Å². The van der Waals surface area contributed by atoms with Crippen LogP contribution in [0.4, 0.5) is 4.39 Å². The molecule has 2 heterocycles. The summed E-state index contributed by atoms with van der Waals surface area (Å²) < 4.78 is 15.5. The number of rotatable bonds is 4. The number of likely N-dealkylation sites (N-methyl/N-ethyl adjacent to an activating group) is 1. The highest BCUT2D eigenvalue weighted by molar-refractivity contribution is 5.25. The minimum atomic E-state index is -0.212. The van der Waals surface area contributed by atoms with Crippen molar-refractivity contribution < 1.29 is 4.39 Å². The number of nitrogens with zero attached hydrogens (tertiary/aromatic N) is 6. The molecule has 1 aromatic heterocycles. The quantitative estimate of drug-likeness (QED) is 0.852. The van der Waals surface area contributed by atoms with Crippen LogP contribution in [0, 0.1) is 5.82 Å². The standard InChI is InChI=1S/C18H25FN6/c1-23-10-12-24(13-11-23)17(14-6-8-15(19)9-7-14)18-20-21-22-25(18)16-4-2-3-5-16/h6-9,16-17H,2-5,10-13H2,1H3. The van der Waals surface area contributed by atoms with Crippen molar-refractivity contribution in [2.75, 3.05) is 33.2 Å². The Morgan fingerprint density at radius 3 is 2.40 bits per heavy atom. The van der Waals surface area contributed by atoms with Gasteiger partial charge in [-0.3, -0.25) is 4.90 Å². The van der Waals surface area contributed by atoms with Crippen LogP contribution >= 0.6 is 0 Å². The van der Waals surface area contributed by atoms with E-state index >= 15 is 0 Å². The molecule has 0 radical (unpaired) electrons. The lowest BCUT2D eigenvalue weighted by Crippen LogP contribution is -2.46. The van der Waals surface area contributed by atoms with Gasteiger partial charge in [0.25, 0.3) is 0 Å². The van der Waals surface area contributed by atoms with Crippen molar-refractivity contribution in [3.8, 4) is 0 Å². The number of benzene rings is 1. The van der Waals surface area contributed by atoms with Crippen LogP contribution in [-0.4, -0.2) is 63.2 Å². The topological polar surface area (TPSA) is 50.1 Å². The van der Waals surface area contributed by atoms with Crippen molar-refractivity contribution in [3.05, 3.63) is 41.5 Å². The molecule has 1 atom stereocenters. The number of aromatic nitrogens is 4. The molecular formula is C18H25FN6. The Morgan fingerprint density at radius 2 is 1.72 bits per heavy atom. The van der Waals surface area contributed by atoms with Gasteiger partial charge in [-0.2, -0.15) is 0 Å². The van der Waals surface area contributed by atoms with E-state index < -0.39 is 0 Å². The maximum Gasteiger partial charge on any atom is 0.173 e. The molecule has 7 heteroatoms. The SMILES string of the molecule is CN1CCN(C(c2ccc(F)cc2)c2nnnn2C2CCCC2)CC1. The highest BCUT2D eigenvalue weighted by Gasteiger charge is 2.32. The predicted molar refractivity (Wildman–Crippen MR) is 92.6 cm³/mol. The van der Waals surface area contributed by atoms with E-state index in [1.807, 2.05) is 16.8 Å². The Labute approximate surface area is 147 Å². The van der Waals surface area contributed by atoms with Gasteiger partial charge in [-0.1, -0.05) is 25.0 Å². The molecule has 4 rings (SSSR count). The molecule has 1 aromatic carbocycles. The van der Waals surface area contributed by atoms with Crippen LogP contribution in [0.1, 0.15) is 49.2 Å². The number of hydrogen-bond donors (Lipinski definition) is 0. The lowest BCUT2D eigenvalue weighted by Gasteiger charge is -2.37. The summed E-state index contributed by atoms with van der Waals surface area (Å²) >= 11 is 0. The minimum absolute atomic E-state index is 0.0232. The highest BCUT2D eigenvalue weighted by Crippen LogP contribution is 2.34. The first-order valence-corrected chi connectivity index (χ1v) is 9.18. The van der Waals surface area contributed by atoms with Gasteiger partial charge >= 0.3 is 0 Å². The fraction of sp³-hybridized carbons (Fsp3) is 0.611. The Balaban J connectivity index is 1.70. The Morgan fingerprint density at radius 1 is 1.04 bits per heavy atom. The molecule has 6 nitrogen and oxygen atoms in total. The van der Waals surface area contributed by atoms with E-state index in [1.54, 1.807) is 0 Å². The molecule has 0 N–H and O–H groups in total. The van der Waals surface area contributed by atoms with Gasteiger partial charge in [0.1, 0.15) is 5.82 Å². The van der Waals surface area contributed by atoms with Crippen LogP contribution in [-0.2, 0) is 0 Å². The van der Waals surface area contributed by atoms with E-state index in [2.05, 4.69) is 32.4 Å². The van der Waals surface area contributed by atoms with Crippen LogP contribution < -0.4 is 0 Å². The number of tetrazole rings is 1. The second-order valence-electron chi connectivity index (χ2n) is 7.21. The van der Waals surface area contributed by atoms with Gasteiger partial charge in [0, 0.05) is 26.2 Å². The minimum Gasteiger partial charge on any atom is -0.304 e. The van der Waals surface area contributed by atoms with Crippen molar-refractivity contribution >= 4 is 0 Å². The van der Waals surface area contributed by atoms with Gasteiger partial charge in [0.15, 0.2) is 5.82 Å². The summed E-state index contributed by atoms with van der Waals surface area (Å²) in [5.41, 5.74) is 1.06. The Bertz CT molecular complexity index is 686. The zero-order valence-corrected chi connectivity index (χ0v) is 14.7. The second-order valence-corrected chi connectivity index (χ2v) is 7.21. The average molecular weight is 344 g/mol. The van der Waals surface area contributed by atoms with Gasteiger partial charge in [0.05, 0.1) is 12.1 Å². The monoisotopic (exact) mass is 344 g/mol. The average Bonchev–Trinajstić information content (AvgIpc) is 3.30. The van der Waals surface area contributed by atoms with Crippen molar-refractivity contribution in [2.24, 2.45) is 0 Å². The first-order valence-electron chi connectivity index (χ1n) is 9.18. The van der Waals surface area contributed by atoms with Gasteiger partial charge in [0.2, 0.25) is 0 Å². The molecule has 2 aromatic rings. The summed E-state index contributed by atoms with van der Waals surface area (Å²) in [5, 5.41) is 12.7. The highest BCUT2D eigenvalue weighted by atomic mass is 19.1. The Hall–Kier alpha value is -1.86. The lowest BCUT2D eigenvalue weighted by molar-refractivity contribution is 0.120. The molecule has 2 fully saturated rings. The van der Waals surface area contributed by atoms with E-state index in [4.69, 9.17) is 0 Å². The summed E-state index contributed by atoms with van der Waals surface area (Å²) in [6, 6.07) is 7.16. The molecule has 2 aliphatic rings. The van der Waals surface area contributed by atoms with Crippen LogP contribution in [0.15, 0.2) is 24.3 Å². The molecule has 0 bridgehead atoms. The lowest BCUT2D eigenvalue weighted by atomic mass is 10.0. The fourth-order valence-corrected chi connectivity index (χ4v) is 4.04. The fourth-order valence-electron chi connectivity index (χ4n) is 4.04. The third kappa shape index (κ3) is 3.43. The maximum atomic E-state index is 13.4. The molecular weight excluding hydrogens is 319 g/mol. The van der Waals surface area contributed by atoms with E-state index in [1.165, 1.54) is 25.0 Å². The maximum absolute atomic E-state index is 13.4. The first-order chi connectivity index (χ1) is 12.2. The van der Waals surface area contributed by atoms with E-state index in [9.17, 15) is 4.39 Å². The van der Waals surface area contributed by atoms with E-state index in [0.29, 0.717) is 6.04 Å². The number of piperazine rings is 1. The van der Waals surface area contributed by atoms with E-state index in [0.717, 1.165) is 50.4 Å². The van der Waals surface area contributed by atoms with Crippen LogP contribution in [0.5, 0.6) is 0 Å². The molecule has 1 unspecified atom stereocenters. The summed E-state index contributed by atoms with van der Waals surface area (Å²) in [6.07, 6.45) is 4.74. The number of halogens is 1. The van der Waals surface area contributed by atoms with Gasteiger partial charge < -0.3 is 4.90 Å². The van der Waals surface area contributed by atoms with E-state index in [-0.39, 0.29) is 11.9 Å². The van der Waals surface area contributed by atoms with Gasteiger partial charge in [-0.15, -0.1) is 5.10 Å². The zero-order valence-electron chi connectivity index (χ0n) is 14.7. The van der Waals surface area contributed by atoms with Crippen molar-refractivity contribution in [1.29, 1.82) is 0 Å². The van der Waals surface area contributed by atoms with Crippen LogP contribution in [0.25, 0.3) is 0 Å². The predicted octanol–water partition coefficient (Wildman–Crippen LogP) is 2.26. The molecule has 1 aliphatic heterocycles. The molecule has 0 spiro atoms. The van der Waals surface area contributed by atoms with Crippen LogP contribution in [0.2, 0.25) is 0 Å². The summed E-state index contributed by atoms with van der Waals surface area (Å²) in [5.74, 6) is 0.680. The summed E-state index contributed by atoms with van der Waals surface area (Å²) in [6.45, 7) is 3.94. The smallest absolute Gasteiger partial charge is 0.173 e. The molecule has 1 aliphatic carbocycles. The second kappa shape index (κ2) is 7.17. The number of hydrogen-bond acceptors (Lipinski definition) is 5. The van der Waals surface area contributed by atoms with Crippen molar-refractivity contribution in [3.63, 3.8) is 0 Å². The summed E-state index contributed by atoms with van der Waals surface area (Å²) in [7, 11) is 2.15. The normalized spacial score (nSPS) is 21.7. The first kappa shape index (κ1) is 16.6. The zero-order chi connectivity index (χ0) is 17.2. The molecule has 25 heavy (non-hydrogen) atoms.